The van der Waals surface area contributed by atoms with E-state index in [0.717, 1.165) is 10.0 Å². The van der Waals surface area contributed by atoms with Gasteiger partial charge in [0.05, 0.1) is 0 Å². The third-order valence-corrected chi connectivity index (χ3v) is 4.33. The van der Waals surface area contributed by atoms with Crippen LogP contribution in [-0.2, 0) is 14.3 Å². The molecule has 2 aromatic carbocycles. The van der Waals surface area contributed by atoms with Gasteiger partial charge in [0.25, 0.3) is 5.91 Å². The summed E-state index contributed by atoms with van der Waals surface area (Å²) in [5.41, 5.74) is 1.64. The lowest BCUT2D eigenvalue weighted by Gasteiger charge is -2.16. The molecule has 1 N–H and O–H groups in total. The third kappa shape index (κ3) is 5.90. The number of hydrogen-bond acceptors (Lipinski definition) is 4. The second-order valence-corrected chi connectivity index (χ2v) is 6.30. The molecule has 25 heavy (non-hydrogen) atoms. The van der Waals surface area contributed by atoms with Crippen LogP contribution < -0.4 is 10.1 Å². The average molecular weight is 406 g/mol. The number of hydrogen-bond donors (Lipinski definition) is 1. The van der Waals surface area contributed by atoms with Crippen molar-refractivity contribution in [3.05, 3.63) is 58.6 Å². The molecule has 0 heterocycles. The summed E-state index contributed by atoms with van der Waals surface area (Å²) in [4.78, 5) is 24.0. The molecule has 0 aliphatic carbocycles. The Bertz CT molecular complexity index is 733. The maximum Gasteiger partial charge on any atom is 0.347 e. The van der Waals surface area contributed by atoms with Crippen LogP contribution in [0.2, 0.25) is 0 Å². The highest BCUT2D eigenvalue weighted by atomic mass is 79.9. The Morgan fingerprint density at radius 1 is 1.16 bits per heavy atom. The van der Waals surface area contributed by atoms with E-state index in [1.165, 1.54) is 0 Å². The van der Waals surface area contributed by atoms with E-state index in [4.69, 9.17) is 9.47 Å². The molecule has 0 aromatic heterocycles. The number of anilines is 1. The summed E-state index contributed by atoms with van der Waals surface area (Å²) in [6.45, 7) is 3.38. The highest BCUT2D eigenvalue weighted by molar-refractivity contribution is 9.10. The van der Waals surface area contributed by atoms with Crippen LogP contribution in [0.1, 0.15) is 18.9 Å². The molecule has 0 fully saturated rings. The number of nitrogens with one attached hydrogen (secondary N) is 1. The van der Waals surface area contributed by atoms with Gasteiger partial charge in [-0.15, -0.1) is 0 Å². The van der Waals surface area contributed by atoms with Gasteiger partial charge in [-0.2, -0.15) is 0 Å². The molecule has 0 aliphatic rings. The maximum atomic E-state index is 12.1. The van der Waals surface area contributed by atoms with Crippen LogP contribution in [0, 0.1) is 6.92 Å². The van der Waals surface area contributed by atoms with Gasteiger partial charge in [-0.05, 0) is 49.2 Å². The van der Waals surface area contributed by atoms with Crippen LogP contribution >= 0.6 is 15.9 Å². The van der Waals surface area contributed by atoms with E-state index in [2.05, 4.69) is 21.2 Å². The normalized spacial score (nSPS) is 11.5. The zero-order valence-electron chi connectivity index (χ0n) is 14.1. The molecule has 5 nitrogen and oxygen atoms in total. The summed E-state index contributed by atoms with van der Waals surface area (Å²) in [5, 5.41) is 2.69. The minimum atomic E-state index is -0.745. The number of benzene rings is 2. The Balaban J connectivity index is 1.84. The molecule has 2 rings (SSSR count). The van der Waals surface area contributed by atoms with E-state index in [-0.39, 0.29) is 6.61 Å². The monoisotopic (exact) mass is 405 g/mol. The molecule has 0 saturated carbocycles. The van der Waals surface area contributed by atoms with Gasteiger partial charge >= 0.3 is 5.97 Å². The number of carbonyl (C=O) groups is 2. The molecule has 2 aromatic rings. The van der Waals surface area contributed by atoms with Crippen LogP contribution in [0.3, 0.4) is 0 Å². The zero-order chi connectivity index (χ0) is 18.2. The predicted octanol–water partition coefficient (Wildman–Crippen LogP) is 4.10. The van der Waals surface area contributed by atoms with Crippen molar-refractivity contribution in [2.75, 3.05) is 11.9 Å². The number of carbonyl (C=O) groups excluding carboxylic acids is 2. The highest BCUT2D eigenvalue weighted by Gasteiger charge is 2.21. The first kappa shape index (κ1) is 19.0. The van der Waals surface area contributed by atoms with Gasteiger partial charge in [-0.1, -0.05) is 41.1 Å². The molecule has 0 spiro atoms. The van der Waals surface area contributed by atoms with Crippen LogP contribution in [0.25, 0.3) is 0 Å². The summed E-state index contributed by atoms with van der Waals surface area (Å²) >= 11 is 3.40. The lowest BCUT2D eigenvalue weighted by molar-refractivity contribution is -0.154. The Hall–Kier alpha value is -2.34. The molecule has 0 unspecified atom stereocenters. The lowest BCUT2D eigenvalue weighted by Crippen LogP contribution is -2.31. The quantitative estimate of drug-likeness (QED) is 0.704. The SMILES string of the molecule is CC[C@@H](Oc1ccccc1)C(=O)OCC(=O)Nc1ccc(Br)c(C)c1. The molecule has 0 aliphatic heterocycles. The van der Waals surface area contributed by atoms with Crippen molar-refractivity contribution in [3.63, 3.8) is 0 Å². The second-order valence-electron chi connectivity index (χ2n) is 5.45. The fraction of sp³-hybridized carbons (Fsp3) is 0.263. The summed E-state index contributed by atoms with van der Waals surface area (Å²) in [5.74, 6) is -0.376. The van der Waals surface area contributed by atoms with E-state index in [0.29, 0.717) is 17.9 Å². The van der Waals surface area contributed by atoms with E-state index in [9.17, 15) is 9.59 Å². The molecular formula is C19H20BrNO4. The molecule has 6 heteroatoms. The Kier molecular flexibility index (Phi) is 7.01. The van der Waals surface area contributed by atoms with Crippen molar-refractivity contribution >= 4 is 33.5 Å². The largest absolute Gasteiger partial charge is 0.479 e. The molecular weight excluding hydrogens is 386 g/mol. The van der Waals surface area contributed by atoms with Crippen molar-refractivity contribution in [2.24, 2.45) is 0 Å². The number of aryl methyl sites for hydroxylation is 1. The first-order valence-electron chi connectivity index (χ1n) is 7.94. The second kappa shape index (κ2) is 9.22. The Morgan fingerprint density at radius 2 is 1.88 bits per heavy atom. The topological polar surface area (TPSA) is 64.6 Å². The molecule has 0 bridgehead atoms. The molecule has 0 radical (unpaired) electrons. The van der Waals surface area contributed by atoms with Gasteiger partial charge in [0, 0.05) is 10.2 Å². The number of esters is 1. The average Bonchev–Trinajstić information content (AvgIpc) is 2.61. The van der Waals surface area contributed by atoms with Crippen LogP contribution in [0.15, 0.2) is 53.0 Å². The van der Waals surface area contributed by atoms with Gasteiger partial charge in [0.15, 0.2) is 12.7 Å². The van der Waals surface area contributed by atoms with Gasteiger partial charge < -0.3 is 14.8 Å². The van der Waals surface area contributed by atoms with E-state index < -0.39 is 18.0 Å². The zero-order valence-corrected chi connectivity index (χ0v) is 15.7. The van der Waals surface area contributed by atoms with E-state index in [1.807, 2.05) is 44.2 Å². The van der Waals surface area contributed by atoms with Crippen molar-refractivity contribution in [2.45, 2.75) is 26.4 Å². The molecule has 1 amide bonds. The number of halogens is 1. The molecule has 132 valence electrons. The van der Waals surface area contributed by atoms with E-state index in [1.54, 1.807) is 18.2 Å². The number of ether oxygens (including phenoxy) is 2. The Morgan fingerprint density at radius 3 is 2.52 bits per heavy atom. The first-order chi connectivity index (χ1) is 12.0. The number of rotatable bonds is 7. The van der Waals surface area contributed by atoms with Crippen LogP contribution in [-0.4, -0.2) is 24.6 Å². The fourth-order valence-electron chi connectivity index (χ4n) is 2.11. The molecule has 0 saturated heterocycles. The summed E-state index contributed by atoms with van der Waals surface area (Å²) in [6, 6.07) is 14.5. The van der Waals surface area contributed by atoms with Crippen LogP contribution in [0.5, 0.6) is 5.75 Å². The minimum absolute atomic E-state index is 0.359. The standard InChI is InChI=1S/C19H20BrNO4/c1-3-17(25-15-7-5-4-6-8-15)19(23)24-12-18(22)21-14-9-10-16(20)13(2)11-14/h4-11,17H,3,12H2,1-2H3,(H,21,22)/t17-/m1/s1. The summed E-state index contributed by atoms with van der Waals surface area (Å²) in [7, 11) is 0. The van der Waals surface area contributed by atoms with Gasteiger partial charge in [-0.25, -0.2) is 4.79 Å². The van der Waals surface area contributed by atoms with Crippen LogP contribution in [0.4, 0.5) is 5.69 Å². The lowest BCUT2D eigenvalue weighted by atomic mass is 10.2. The number of para-hydroxylation sites is 1. The van der Waals surface area contributed by atoms with Crippen molar-refractivity contribution < 1.29 is 19.1 Å². The van der Waals surface area contributed by atoms with Crippen molar-refractivity contribution in [3.8, 4) is 5.75 Å². The van der Waals surface area contributed by atoms with Crippen molar-refractivity contribution in [1.29, 1.82) is 0 Å². The van der Waals surface area contributed by atoms with Gasteiger partial charge in [-0.3, -0.25) is 4.79 Å². The first-order valence-corrected chi connectivity index (χ1v) is 8.73. The molecule has 1 atom stereocenters. The maximum absolute atomic E-state index is 12.1. The van der Waals surface area contributed by atoms with E-state index >= 15 is 0 Å². The fourth-order valence-corrected chi connectivity index (χ4v) is 2.36. The summed E-state index contributed by atoms with van der Waals surface area (Å²) in [6.07, 6.45) is -0.300. The minimum Gasteiger partial charge on any atom is -0.479 e. The smallest absolute Gasteiger partial charge is 0.347 e. The van der Waals surface area contributed by atoms with Gasteiger partial charge in [0.1, 0.15) is 5.75 Å². The van der Waals surface area contributed by atoms with Crippen molar-refractivity contribution in [1.82, 2.24) is 0 Å². The third-order valence-electron chi connectivity index (χ3n) is 3.44. The predicted molar refractivity (Wildman–Crippen MR) is 99.6 cm³/mol. The summed E-state index contributed by atoms with van der Waals surface area (Å²) < 4.78 is 11.6. The highest BCUT2D eigenvalue weighted by Crippen LogP contribution is 2.20. The Labute approximate surface area is 155 Å². The van der Waals surface area contributed by atoms with Gasteiger partial charge in [0.2, 0.25) is 0 Å². The number of amides is 1.